The number of methoxy groups -OCH3 is 1. The lowest BCUT2D eigenvalue weighted by Crippen LogP contribution is -2.24. The van der Waals surface area contributed by atoms with Gasteiger partial charge in [0.25, 0.3) is 5.91 Å². The molecule has 180 valence electrons. The summed E-state index contributed by atoms with van der Waals surface area (Å²) in [5.74, 6) is -1.22. The molecule has 9 heteroatoms. The van der Waals surface area contributed by atoms with Gasteiger partial charge in [-0.05, 0) is 62.2 Å². The Bertz CT molecular complexity index is 1470. The zero-order valence-electron chi connectivity index (χ0n) is 19.4. The highest BCUT2D eigenvalue weighted by Gasteiger charge is 2.36. The maximum absolute atomic E-state index is 14.1. The highest BCUT2D eigenvalue weighted by atomic mass is 35.5. The van der Waals surface area contributed by atoms with Gasteiger partial charge in [0.15, 0.2) is 5.76 Å². The fourth-order valence-electron chi connectivity index (χ4n) is 3.96. The molecule has 0 atom stereocenters. The number of aliphatic carboxylic acids is 1. The Morgan fingerprint density at radius 3 is 2.60 bits per heavy atom. The third-order valence-electron chi connectivity index (χ3n) is 5.84. The van der Waals surface area contributed by atoms with Crippen LogP contribution in [0.2, 0.25) is 10.0 Å². The average Bonchev–Trinajstić information content (AvgIpc) is 3.42. The van der Waals surface area contributed by atoms with Crippen LogP contribution in [0.5, 0.6) is 0 Å². The predicted molar refractivity (Wildman–Crippen MR) is 135 cm³/mol. The molecule has 0 aliphatic heterocycles. The molecular weight excluding hydrogens is 491 g/mol. The van der Waals surface area contributed by atoms with E-state index in [1.807, 2.05) is 6.92 Å². The first-order valence-electron chi connectivity index (χ1n) is 10.6. The Kier molecular flexibility index (Phi) is 6.60. The standard InChI is InChI=1S/C26H22Cl2N2O5/c1-14-12-16(27)13-18(28)21(14)23-22(24(35-29-23)26(2,3)34-4)25(33)30-11-10-17-15(8-9-20(31)32)6-5-7-19(17)30/h5-13H,1-4H3,(H,31,32)/b9-8+. The van der Waals surface area contributed by atoms with E-state index in [0.717, 1.165) is 11.6 Å². The van der Waals surface area contributed by atoms with Crippen LogP contribution < -0.4 is 0 Å². The van der Waals surface area contributed by atoms with Gasteiger partial charge in [-0.3, -0.25) is 9.36 Å². The molecule has 0 saturated heterocycles. The van der Waals surface area contributed by atoms with Crippen molar-refractivity contribution in [2.75, 3.05) is 7.11 Å². The molecule has 0 saturated carbocycles. The molecule has 4 rings (SSSR count). The van der Waals surface area contributed by atoms with Crippen molar-refractivity contribution in [3.63, 3.8) is 0 Å². The quantitative estimate of drug-likeness (QED) is 0.293. The van der Waals surface area contributed by atoms with Crippen LogP contribution >= 0.6 is 23.2 Å². The number of nitrogens with zero attached hydrogens (tertiary/aromatic N) is 2. The van der Waals surface area contributed by atoms with Crippen molar-refractivity contribution in [3.8, 4) is 11.3 Å². The number of rotatable bonds is 6. The number of ether oxygens (including phenoxy) is 1. The summed E-state index contributed by atoms with van der Waals surface area (Å²) in [6, 6.07) is 10.4. The first-order chi connectivity index (χ1) is 16.5. The monoisotopic (exact) mass is 512 g/mol. The molecule has 2 aromatic heterocycles. The van der Waals surface area contributed by atoms with Crippen molar-refractivity contribution >= 4 is 52.1 Å². The second-order valence-corrected chi connectivity index (χ2v) is 9.32. The van der Waals surface area contributed by atoms with Crippen molar-refractivity contribution in [2.45, 2.75) is 26.4 Å². The lowest BCUT2D eigenvalue weighted by atomic mass is 9.95. The van der Waals surface area contributed by atoms with E-state index in [4.69, 9.17) is 37.6 Å². The van der Waals surface area contributed by atoms with Gasteiger partial charge < -0.3 is 14.4 Å². The van der Waals surface area contributed by atoms with Crippen LogP contribution in [0.15, 0.2) is 53.2 Å². The van der Waals surface area contributed by atoms with Gasteiger partial charge in [0.2, 0.25) is 0 Å². The Morgan fingerprint density at radius 1 is 1.20 bits per heavy atom. The summed E-state index contributed by atoms with van der Waals surface area (Å²) in [5, 5.41) is 14.7. The molecule has 0 bridgehead atoms. The van der Waals surface area contributed by atoms with Crippen LogP contribution in [0.25, 0.3) is 28.2 Å². The number of carboxylic acid groups (broad SMARTS) is 1. The number of carbonyl (C=O) groups excluding carboxylic acids is 1. The maximum Gasteiger partial charge on any atom is 0.328 e. The van der Waals surface area contributed by atoms with Gasteiger partial charge in [-0.2, -0.15) is 0 Å². The van der Waals surface area contributed by atoms with E-state index < -0.39 is 17.5 Å². The molecule has 2 heterocycles. The van der Waals surface area contributed by atoms with E-state index in [2.05, 4.69) is 5.16 Å². The predicted octanol–water partition coefficient (Wildman–Crippen LogP) is 6.58. The number of carbonyl (C=O) groups is 2. The van der Waals surface area contributed by atoms with Crippen LogP contribution in [-0.4, -0.2) is 33.8 Å². The number of hydrogen-bond donors (Lipinski definition) is 1. The highest BCUT2D eigenvalue weighted by Crippen LogP contribution is 2.40. The van der Waals surface area contributed by atoms with Crippen LogP contribution in [0.4, 0.5) is 0 Å². The van der Waals surface area contributed by atoms with Crippen molar-refractivity contribution in [1.29, 1.82) is 0 Å². The molecule has 0 radical (unpaired) electrons. The highest BCUT2D eigenvalue weighted by molar-refractivity contribution is 6.36. The van der Waals surface area contributed by atoms with Crippen LogP contribution in [-0.2, 0) is 15.1 Å². The van der Waals surface area contributed by atoms with Crippen LogP contribution in [0.3, 0.4) is 0 Å². The SMILES string of the molecule is COC(C)(C)c1onc(-c2c(C)cc(Cl)cc2Cl)c1C(=O)n1ccc2c(/C=C/C(=O)O)cccc21. The van der Waals surface area contributed by atoms with Crippen molar-refractivity contribution in [1.82, 2.24) is 9.72 Å². The van der Waals surface area contributed by atoms with Gasteiger partial charge in [-0.15, -0.1) is 0 Å². The summed E-state index contributed by atoms with van der Waals surface area (Å²) in [5.41, 5.74) is 2.02. The Morgan fingerprint density at radius 2 is 1.94 bits per heavy atom. The molecule has 1 N–H and O–H groups in total. The largest absolute Gasteiger partial charge is 0.478 e. The minimum Gasteiger partial charge on any atom is -0.478 e. The van der Waals surface area contributed by atoms with E-state index in [0.29, 0.717) is 32.1 Å². The van der Waals surface area contributed by atoms with Gasteiger partial charge >= 0.3 is 5.97 Å². The van der Waals surface area contributed by atoms with Gasteiger partial charge in [-0.1, -0.05) is 40.5 Å². The number of aryl methyl sites for hydroxylation is 1. The molecular formula is C26H22Cl2N2O5. The van der Waals surface area contributed by atoms with Crippen molar-refractivity contribution < 1.29 is 24.0 Å². The van der Waals surface area contributed by atoms with Gasteiger partial charge in [0.1, 0.15) is 16.9 Å². The summed E-state index contributed by atoms with van der Waals surface area (Å²) in [7, 11) is 1.52. The van der Waals surface area contributed by atoms with Gasteiger partial charge in [-0.25, -0.2) is 4.79 Å². The lowest BCUT2D eigenvalue weighted by Gasteiger charge is -2.21. The minimum absolute atomic E-state index is 0.202. The lowest BCUT2D eigenvalue weighted by molar-refractivity contribution is -0.131. The Balaban J connectivity index is 1.96. The van der Waals surface area contributed by atoms with E-state index in [1.54, 1.807) is 56.4 Å². The summed E-state index contributed by atoms with van der Waals surface area (Å²) in [6.07, 6.45) is 4.17. The fourth-order valence-corrected chi connectivity index (χ4v) is 4.65. The first kappa shape index (κ1) is 24.7. The van der Waals surface area contributed by atoms with Gasteiger partial charge in [0, 0.05) is 35.4 Å². The molecule has 2 aromatic carbocycles. The number of hydrogen-bond acceptors (Lipinski definition) is 5. The number of benzene rings is 2. The van der Waals surface area contributed by atoms with E-state index >= 15 is 0 Å². The molecule has 7 nitrogen and oxygen atoms in total. The molecule has 0 fully saturated rings. The number of halogens is 2. The topological polar surface area (TPSA) is 94.6 Å². The fraction of sp³-hybridized carbons (Fsp3) is 0.192. The number of aromatic nitrogens is 2. The summed E-state index contributed by atoms with van der Waals surface area (Å²) in [6.45, 7) is 5.36. The molecule has 0 spiro atoms. The third-order valence-corrected chi connectivity index (χ3v) is 6.36. The number of fused-ring (bicyclic) bond motifs is 1. The third kappa shape index (κ3) is 4.50. The van der Waals surface area contributed by atoms with E-state index in [9.17, 15) is 9.59 Å². The average molecular weight is 513 g/mol. The summed E-state index contributed by atoms with van der Waals surface area (Å²) in [4.78, 5) is 25.0. The van der Waals surface area contributed by atoms with Gasteiger partial charge in [0.05, 0.1) is 10.5 Å². The second kappa shape index (κ2) is 9.34. The molecule has 35 heavy (non-hydrogen) atoms. The summed E-state index contributed by atoms with van der Waals surface area (Å²) < 4.78 is 12.8. The van der Waals surface area contributed by atoms with Crippen LogP contribution in [0, 0.1) is 6.92 Å². The Hall–Kier alpha value is -3.39. The van der Waals surface area contributed by atoms with Crippen molar-refractivity contribution in [2.24, 2.45) is 0 Å². The normalized spacial score (nSPS) is 12.1. The first-order valence-corrected chi connectivity index (χ1v) is 11.4. The number of carboxylic acids is 1. The minimum atomic E-state index is -1.06. The smallest absolute Gasteiger partial charge is 0.328 e. The zero-order valence-corrected chi connectivity index (χ0v) is 20.9. The van der Waals surface area contributed by atoms with E-state index in [1.165, 1.54) is 17.8 Å². The summed E-state index contributed by atoms with van der Waals surface area (Å²) >= 11 is 12.7. The molecule has 0 aliphatic carbocycles. The molecule has 0 amide bonds. The molecule has 0 aliphatic rings. The van der Waals surface area contributed by atoms with Crippen LogP contribution in [0.1, 0.15) is 41.1 Å². The second-order valence-electron chi connectivity index (χ2n) is 8.47. The maximum atomic E-state index is 14.1. The zero-order chi connectivity index (χ0) is 25.5. The molecule has 4 aromatic rings. The Labute approximate surface area is 211 Å². The molecule has 0 unspecified atom stereocenters. The van der Waals surface area contributed by atoms with E-state index in [-0.39, 0.29) is 17.0 Å². The van der Waals surface area contributed by atoms with Crippen molar-refractivity contribution in [3.05, 3.63) is 81.2 Å².